The molecule has 1 saturated heterocycles. The lowest BCUT2D eigenvalue weighted by atomic mass is 9.75. The number of aliphatic hydroxyl groups is 1. The number of ether oxygens (including phenoxy) is 3. The first kappa shape index (κ1) is 20.5. The van der Waals surface area contributed by atoms with Gasteiger partial charge in [0.25, 0.3) is 0 Å². The Morgan fingerprint density at radius 3 is 2.36 bits per heavy atom. The van der Waals surface area contributed by atoms with Crippen molar-refractivity contribution in [1.82, 2.24) is 4.90 Å². The molecule has 152 valence electrons. The molecule has 1 aliphatic heterocycles. The molecule has 0 radical (unpaired) electrons. The summed E-state index contributed by atoms with van der Waals surface area (Å²) in [6.07, 6.45) is 2.91. The summed E-state index contributed by atoms with van der Waals surface area (Å²) in [6.45, 7) is 2.75. The summed E-state index contributed by atoms with van der Waals surface area (Å²) in [5, 5.41) is 10.3. The molecule has 2 aromatic rings. The highest BCUT2D eigenvalue weighted by molar-refractivity contribution is 5.44. The van der Waals surface area contributed by atoms with Crippen LogP contribution < -0.4 is 14.2 Å². The van der Waals surface area contributed by atoms with Crippen LogP contribution in [0.3, 0.4) is 0 Å². The van der Waals surface area contributed by atoms with Gasteiger partial charge in [0.05, 0.1) is 33.5 Å². The van der Waals surface area contributed by atoms with E-state index in [1.54, 1.807) is 21.3 Å². The molecule has 28 heavy (non-hydrogen) atoms. The van der Waals surface area contributed by atoms with Gasteiger partial charge in [0.1, 0.15) is 17.2 Å². The molecular weight excluding hydrogens is 354 g/mol. The van der Waals surface area contributed by atoms with Gasteiger partial charge in [0, 0.05) is 18.5 Å². The number of aliphatic hydroxyl groups excluding tert-OH is 1. The Morgan fingerprint density at radius 2 is 1.71 bits per heavy atom. The highest BCUT2D eigenvalue weighted by Crippen LogP contribution is 2.37. The van der Waals surface area contributed by atoms with Gasteiger partial charge in [-0.15, -0.1) is 0 Å². The second-order valence-electron chi connectivity index (χ2n) is 7.64. The van der Waals surface area contributed by atoms with Crippen LogP contribution in [0, 0.1) is 5.41 Å². The number of nitrogens with zero attached hydrogens (tertiary/aromatic N) is 1. The van der Waals surface area contributed by atoms with Gasteiger partial charge in [0.15, 0.2) is 0 Å². The third-order valence-corrected chi connectivity index (χ3v) is 5.70. The lowest BCUT2D eigenvalue weighted by Gasteiger charge is -2.42. The quantitative estimate of drug-likeness (QED) is 0.753. The molecule has 0 amide bonds. The zero-order valence-electron chi connectivity index (χ0n) is 17.1. The van der Waals surface area contributed by atoms with E-state index in [9.17, 15) is 5.11 Å². The lowest BCUT2D eigenvalue weighted by Crippen LogP contribution is -2.46. The van der Waals surface area contributed by atoms with Crippen LogP contribution in [0.2, 0.25) is 0 Å². The monoisotopic (exact) mass is 385 g/mol. The van der Waals surface area contributed by atoms with E-state index in [1.165, 1.54) is 5.56 Å². The van der Waals surface area contributed by atoms with E-state index in [1.807, 2.05) is 30.3 Å². The number of methoxy groups -OCH3 is 3. The molecular formula is C23H31NO4. The molecule has 5 nitrogen and oxygen atoms in total. The normalized spacial score (nSPS) is 20.0. The summed E-state index contributed by atoms with van der Waals surface area (Å²) in [7, 11) is 5.06. The van der Waals surface area contributed by atoms with Gasteiger partial charge in [-0.05, 0) is 55.6 Å². The Balaban J connectivity index is 1.78. The fourth-order valence-corrected chi connectivity index (χ4v) is 4.30. The number of rotatable bonds is 8. The summed E-state index contributed by atoms with van der Waals surface area (Å²) in [6, 6.07) is 14.0. The fraction of sp³-hybridized carbons (Fsp3) is 0.478. The summed E-state index contributed by atoms with van der Waals surface area (Å²) in [5.74, 6) is 2.54. The Labute approximate surface area is 167 Å². The molecule has 3 rings (SSSR count). The molecule has 0 aromatic heterocycles. The minimum absolute atomic E-state index is 0.153. The molecule has 0 unspecified atom stereocenters. The SMILES string of the molecule is COc1cccc(C[C@@]2(CO)CCCN(Cc3c(OC)cccc3OC)C2)c1. The standard InChI is InChI=1S/C23H31NO4/c1-26-19-8-4-7-18(13-19)14-23(17-25)11-6-12-24(16-23)15-20-21(27-2)9-5-10-22(20)28-3/h4-5,7-10,13,25H,6,11-12,14-17H2,1-3H3/t23-/m0/s1. The zero-order chi connectivity index (χ0) is 20.0. The van der Waals surface area contributed by atoms with Crippen molar-refractivity contribution in [2.24, 2.45) is 5.41 Å². The van der Waals surface area contributed by atoms with Crippen LogP contribution in [0.4, 0.5) is 0 Å². The predicted molar refractivity (Wildman–Crippen MR) is 110 cm³/mol. The average molecular weight is 386 g/mol. The van der Waals surface area contributed by atoms with Gasteiger partial charge in [-0.2, -0.15) is 0 Å². The van der Waals surface area contributed by atoms with Crippen molar-refractivity contribution < 1.29 is 19.3 Å². The molecule has 0 aliphatic carbocycles. The smallest absolute Gasteiger partial charge is 0.127 e. The topological polar surface area (TPSA) is 51.2 Å². The first-order chi connectivity index (χ1) is 13.6. The molecule has 5 heteroatoms. The van der Waals surface area contributed by atoms with Crippen molar-refractivity contribution in [3.05, 3.63) is 53.6 Å². The average Bonchev–Trinajstić information content (AvgIpc) is 2.74. The number of piperidine rings is 1. The van der Waals surface area contributed by atoms with E-state index in [0.717, 1.165) is 61.7 Å². The lowest BCUT2D eigenvalue weighted by molar-refractivity contribution is 0.0282. The summed E-state index contributed by atoms with van der Waals surface area (Å²) in [4.78, 5) is 2.40. The Kier molecular flexibility index (Phi) is 6.81. The third kappa shape index (κ3) is 4.59. The van der Waals surface area contributed by atoms with Crippen LogP contribution >= 0.6 is 0 Å². The molecule has 0 spiro atoms. The zero-order valence-corrected chi connectivity index (χ0v) is 17.1. The molecule has 2 aromatic carbocycles. The van der Waals surface area contributed by atoms with Crippen molar-refractivity contribution >= 4 is 0 Å². The third-order valence-electron chi connectivity index (χ3n) is 5.70. The van der Waals surface area contributed by atoms with Gasteiger partial charge in [-0.1, -0.05) is 18.2 Å². The molecule has 1 fully saturated rings. The van der Waals surface area contributed by atoms with Crippen LogP contribution in [0.25, 0.3) is 0 Å². The highest BCUT2D eigenvalue weighted by Gasteiger charge is 2.35. The number of hydrogen-bond donors (Lipinski definition) is 1. The Bertz CT molecular complexity index is 757. The maximum absolute atomic E-state index is 10.3. The van der Waals surface area contributed by atoms with Crippen molar-refractivity contribution in [3.8, 4) is 17.2 Å². The van der Waals surface area contributed by atoms with E-state index in [2.05, 4.69) is 17.0 Å². The van der Waals surface area contributed by atoms with Crippen LogP contribution in [0.1, 0.15) is 24.0 Å². The number of likely N-dealkylation sites (tertiary alicyclic amines) is 1. The van der Waals surface area contributed by atoms with Gasteiger partial charge in [-0.3, -0.25) is 4.90 Å². The largest absolute Gasteiger partial charge is 0.497 e. The van der Waals surface area contributed by atoms with Crippen molar-refractivity contribution in [2.75, 3.05) is 41.0 Å². The second kappa shape index (κ2) is 9.30. The van der Waals surface area contributed by atoms with Gasteiger partial charge in [0.2, 0.25) is 0 Å². The first-order valence-corrected chi connectivity index (χ1v) is 9.79. The molecule has 1 N–H and O–H groups in total. The highest BCUT2D eigenvalue weighted by atomic mass is 16.5. The first-order valence-electron chi connectivity index (χ1n) is 9.79. The van der Waals surface area contributed by atoms with Crippen molar-refractivity contribution in [2.45, 2.75) is 25.8 Å². The van der Waals surface area contributed by atoms with Crippen LogP contribution in [0.5, 0.6) is 17.2 Å². The maximum Gasteiger partial charge on any atom is 0.127 e. The molecule has 1 aliphatic rings. The Hall–Kier alpha value is -2.24. The van der Waals surface area contributed by atoms with E-state index in [-0.39, 0.29) is 12.0 Å². The number of benzene rings is 2. The molecule has 0 bridgehead atoms. The number of hydrogen-bond acceptors (Lipinski definition) is 5. The van der Waals surface area contributed by atoms with Crippen LogP contribution in [0.15, 0.2) is 42.5 Å². The van der Waals surface area contributed by atoms with E-state index >= 15 is 0 Å². The van der Waals surface area contributed by atoms with Crippen molar-refractivity contribution in [3.63, 3.8) is 0 Å². The van der Waals surface area contributed by atoms with Gasteiger partial charge >= 0.3 is 0 Å². The maximum atomic E-state index is 10.3. The van der Waals surface area contributed by atoms with Crippen molar-refractivity contribution in [1.29, 1.82) is 0 Å². The van der Waals surface area contributed by atoms with E-state index < -0.39 is 0 Å². The summed E-state index contributed by atoms with van der Waals surface area (Å²) in [5.41, 5.74) is 2.10. The predicted octanol–water partition coefficient (Wildman–Crippen LogP) is 3.53. The summed E-state index contributed by atoms with van der Waals surface area (Å²) < 4.78 is 16.5. The fourth-order valence-electron chi connectivity index (χ4n) is 4.30. The Morgan fingerprint density at radius 1 is 1.00 bits per heavy atom. The minimum Gasteiger partial charge on any atom is -0.497 e. The molecule has 0 saturated carbocycles. The summed E-state index contributed by atoms with van der Waals surface area (Å²) >= 11 is 0. The second-order valence-corrected chi connectivity index (χ2v) is 7.64. The van der Waals surface area contributed by atoms with Gasteiger partial charge in [-0.25, -0.2) is 0 Å². The van der Waals surface area contributed by atoms with E-state index in [0.29, 0.717) is 0 Å². The van der Waals surface area contributed by atoms with Crippen LogP contribution in [-0.2, 0) is 13.0 Å². The van der Waals surface area contributed by atoms with E-state index in [4.69, 9.17) is 14.2 Å². The minimum atomic E-state index is -0.153. The molecule has 1 atom stereocenters. The molecule has 1 heterocycles. The van der Waals surface area contributed by atoms with Crippen LogP contribution in [-0.4, -0.2) is 51.0 Å². The van der Waals surface area contributed by atoms with Gasteiger partial charge < -0.3 is 19.3 Å².